The molecule has 3 N–H and O–H groups in total. The molecule has 19 heavy (non-hydrogen) atoms. The van der Waals surface area contributed by atoms with E-state index in [9.17, 15) is 0 Å². The van der Waals surface area contributed by atoms with Gasteiger partial charge in [0.05, 0.1) is 5.69 Å². The summed E-state index contributed by atoms with van der Waals surface area (Å²) >= 11 is 0. The van der Waals surface area contributed by atoms with Gasteiger partial charge in [-0.1, -0.05) is 12.1 Å². The van der Waals surface area contributed by atoms with E-state index in [1.54, 1.807) is 6.20 Å². The number of nitrogens with one attached hydrogen (secondary N) is 1. The molecule has 4 heteroatoms. The topological polar surface area (TPSA) is 63.8 Å². The first-order chi connectivity index (χ1) is 9.26. The third-order valence-corrected chi connectivity index (χ3v) is 3.07. The van der Waals surface area contributed by atoms with Gasteiger partial charge in [0, 0.05) is 36.6 Å². The molecule has 0 unspecified atom stereocenters. The van der Waals surface area contributed by atoms with E-state index in [0.717, 1.165) is 27.7 Å². The van der Waals surface area contributed by atoms with Crippen LogP contribution in [0.5, 0.6) is 0 Å². The fraction of sp³-hybridized carbons (Fsp3) is 0.0667. The molecule has 0 amide bonds. The number of pyridine rings is 2. The molecule has 0 bridgehead atoms. The summed E-state index contributed by atoms with van der Waals surface area (Å²) in [6.45, 7) is 0. The Morgan fingerprint density at radius 2 is 1.84 bits per heavy atom. The Morgan fingerprint density at radius 1 is 0.947 bits per heavy atom. The summed E-state index contributed by atoms with van der Waals surface area (Å²) in [7, 11) is 1.86. The Labute approximate surface area is 111 Å². The molecule has 0 atom stereocenters. The number of fused-ring (bicyclic) bond motifs is 1. The van der Waals surface area contributed by atoms with E-state index in [4.69, 9.17) is 5.73 Å². The highest BCUT2D eigenvalue weighted by molar-refractivity contribution is 5.88. The van der Waals surface area contributed by atoms with Crippen molar-refractivity contribution >= 4 is 22.3 Å². The van der Waals surface area contributed by atoms with Crippen LogP contribution in [-0.2, 0) is 0 Å². The zero-order valence-electron chi connectivity index (χ0n) is 10.6. The number of aromatic nitrogens is 2. The van der Waals surface area contributed by atoms with E-state index in [0.29, 0.717) is 5.69 Å². The zero-order valence-corrected chi connectivity index (χ0v) is 10.6. The summed E-state index contributed by atoms with van der Waals surface area (Å²) in [5.74, 6) is 0.857. The smallest absolute Gasteiger partial charge is 0.126 e. The Balaban J connectivity index is 2.15. The largest absolute Gasteiger partial charge is 0.397 e. The minimum Gasteiger partial charge on any atom is -0.397 e. The standard InChI is InChI=1S/C15H14N4/c1-17-15-6-12-4-10(2-3-11(12)8-19-15)13-5-14(16)9-18-7-13/h2-9H,16H2,1H3,(H,17,19). The molecule has 0 radical (unpaired) electrons. The quantitative estimate of drug-likeness (QED) is 0.734. The number of nitrogens with zero attached hydrogens (tertiary/aromatic N) is 2. The fourth-order valence-electron chi connectivity index (χ4n) is 2.07. The van der Waals surface area contributed by atoms with Gasteiger partial charge >= 0.3 is 0 Å². The molecule has 0 saturated heterocycles. The van der Waals surface area contributed by atoms with Crippen LogP contribution >= 0.6 is 0 Å². The lowest BCUT2D eigenvalue weighted by Crippen LogP contribution is -1.91. The maximum absolute atomic E-state index is 5.77. The average molecular weight is 250 g/mol. The van der Waals surface area contributed by atoms with Crippen LogP contribution < -0.4 is 11.1 Å². The molecule has 3 aromatic rings. The Bertz CT molecular complexity index is 737. The van der Waals surface area contributed by atoms with E-state index >= 15 is 0 Å². The number of nitrogen functional groups attached to an aromatic ring is 1. The van der Waals surface area contributed by atoms with Crippen molar-refractivity contribution < 1.29 is 0 Å². The highest BCUT2D eigenvalue weighted by Crippen LogP contribution is 2.25. The molecule has 0 saturated carbocycles. The third kappa shape index (κ3) is 2.20. The van der Waals surface area contributed by atoms with Gasteiger partial charge in [0.2, 0.25) is 0 Å². The van der Waals surface area contributed by atoms with E-state index in [1.807, 2.05) is 31.6 Å². The normalized spacial score (nSPS) is 10.6. The molecule has 2 heterocycles. The maximum Gasteiger partial charge on any atom is 0.126 e. The van der Waals surface area contributed by atoms with Crippen LogP contribution in [0.25, 0.3) is 21.9 Å². The van der Waals surface area contributed by atoms with Crippen LogP contribution in [0, 0.1) is 0 Å². The summed E-state index contributed by atoms with van der Waals surface area (Å²) in [5.41, 5.74) is 8.56. The van der Waals surface area contributed by atoms with Crippen molar-refractivity contribution in [3.63, 3.8) is 0 Å². The molecule has 2 aromatic heterocycles. The van der Waals surface area contributed by atoms with Crippen molar-refractivity contribution in [3.05, 3.63) is 48.9 Å². The maximum atomic E-state index is 5.77. The third-order valence-electron chi connectivity index (χ3n) is 3.07. The van der Waals surface area contributed by atoms with E-state index < -0.39 is 0 Å². The number of rotatable bonds is 2. The predicted molar refractivity (Wildman–Crippen MR) is 78.9 cm³/mol. The number of anilines is 2. The van der Waals surface area contributed by atoms with Gasteiger partial charge in [-0.2, -0.15) is 0 Å². The summed E-state index contributed by atoms with van der Waals surface area (Å²) in [6.07, 6.45) is 5.33. The number of benzene rings is 1. The highest BCUT2D eigenvalue weighted by Gasteiger charge is 2.02. The molecule has 0 aliphatic rings. The summed E-state index contributed by atoms with van der Waals surface area (Å²) in [6, 6.07) is 10.2. The average Bonchev–Trinajstić information content (AvgIpc) is 2.46. The van der Waals surface area contributed by atoms with Crippen molar-refractivity contribution in [2.45, 2.75) is 0 Å². The van der Waals surface area contributed by atoms with Gasteiger partial charge in [-0.25, -0.2) is 4.98 Å². The Hall–Kier alpha value is -2.62. The molecular formula is C15H14N4. The molecule has 0 aliphatic heterocycles. The molecule has 94 valence electrons. The lowest BCUT2D eigenvalue weighted by molar-refractivity contribution is 1.31. The van der Waals surface area contributed by atoms with Gasteiger partial charge in [0.1, 0.15) is 5.82 Å². The van der Waals surface area contributed by atoms with Crippen LogP contribution in [0.2, 0.25) is 0 Å². The number of hydrogen-bond acceptors (Lipinski definition) is 4. The van der Waals surface area contributed by atoms with Gasteiger partial charge < -0.3 is 11.1 Å². The zero-order chi connectivity index (χ0) is 13.2. The summed E-state index contributed by atoms with van der Waals surface area (Å²) in [4.78, 5) is 8.42. The van der Waals surface area contributed by atoms with Gasteiger partial charge in [-0.3, -0.25) is 4.98 Å². The Kier molecular flexibility index (Phi) is 2.76. The first-order valence-corrected chi connectivity index (χ1v) is 6.05. The van der Waals surface area contributed by atoms with Crippen molar-refractivity contribution in [3.8, 4) is 11.1 Å². The minimum atomic E-state index is 0.670. The van der Waals surface area contributed by atoms with Gasteiger partial charge in [0.15, 0.2) is 0 Å². The van der Waals surface area contributed by atoms with E-state index in [-0.39, 0.29) is 0 Å². The molecule has 0 aliphatic carbocycles. The molecule has 0 spiro atoms. The first-order valence-electron chi connectivity index (χ1n) is 6.05. The molecule has 3 rings (SSSR count). The molecule has 4 nitrogen and oxygen atoms in total. The van der Waals surface area contributed by atoms with Crippen LogP contribution in [0.4, 0.5) is 11.5 Å². The van der Waals surface area contributed by atoms with Gasteiger partial charge in [0.25, 0.3) is 0 Å². The van der Waals surface area contributed by atoms with Crippen LogP contribution in [0.15, 0.2) is 48.9 Å². The lowest BCUT2D eigenvalue weighted by Gasteiger charge is -2.06. The molecule has 0 fully saturated rings. The van der Waals surface area contributed by atoms with Crippen molar-refractivity contribution in [1.29, 1.82) is 0 Å². The monoisotopic (exact) mass is 250 g/mol. The van der Waals surface area contributed by atoms with Crippen LogP contribution in [-0.4, -0.2) is 17.0 Å². The lowest BCUT2D eigenvalue weighted by atomic mass is 10.0. The second-order valence-electron chi connectivity index (χ2n) is 4.39. The summed E-state index contributed by atoms with van der Waals surface area (Å²) < 4.78 is 0. The predicted octanol–water partition coefficient (Wildman–Crippen LogP) is 2.92. The van der Waals surface area contributed by atoms with Gasteiger partial charge in [-0.05, 0) is 29.1 Å². The Morgan fingerprint density at radius 3 is 2.63 bits per heavy atom. The van der Waals surface area contributed by atoms with E-state index in [1.165, 1.54) is 0 Å². The van der Waals surface area contributed by atoms with Crippen molar-refractivity contribution in [1.82, 2.24) is 9.97 Å². The summed E-state index contributed by atoms with van der Waals surface area (Å²) in [5, 5.41) is 5.29. The van der Waals surface area contributed by atoms with Crippen LogP contribution in [0.3, 0.4) is 0 Å². The minimum absolute atomic E-state index is 0.670. The molecular weight excluding hydrogens is 236 g/mol. The second kappa shape index (κ2) is 4.57. The highest BCUT2D eigenvalue weighted by atomic mass is 14.9. The van der Waals surface area contributed by atoms with Crippen LogP contribution in [0.1, 0.15) is 0 Å². The fourth-order valence-corrected chi connectivity index (χ4v) is 2.07. The van der Waals surface area contributed by atoms with E-state index in [2.05, 4.69) is 33.5 Å². The number of hydrogen-bond donors (Lipinski definition) is 2. The molecule has 1 aromatic carbocycles. The number of nitrogens with two attached hydrogens (primary N) is 1. The van der Waals surface area contributed by atoms with Gasteiger partial charge in [-0.15, -0.1) is 0 Å². The first kappa shape index (κ1) is 11.5. The SMILES string of the molecule is CNc1cc2cc(-c3cncc(N)c3)ccc2cn1. The van der Waals surface area contributed by atoms with Crippen molar-refractivity contribution in [2.75, 3.05) is 18.1 Å². The van der Waals surface area contributed by atoms with Crippen molar-refractivity contribution in [2.24, 2.45) is 0 Å². The second-order valence-corrected chi connectivity index (χ2v) is 4.39.